The highest BCUT2D eigenvalue weighted by Crippen LogP contribution is 2.51. The second-order valence-corrected chi connectivity index (χ2v) is 16.5. The van der Waals surface area contributed by atoms with Crippen molar-refractivity contribution in [2.45, 2.75) is 52.2 Å². The van der Waals surface area contributed by atoms with Crippen molar-refractivity contribution in [3.8, 4) is 33.7 Å². The second-order valence-electron chi connectivity index (χ2n) is 16.5. The van der Waals surface area contributed by atoms with E-state index >= 15 is 0 Å². The monoisotopic (exact) mass is 777 g/mol. The van der Waals surface area contributed by atoms with Crippen molar-refractivity contribution >= 4 is 44.6 Å². The maximum atomic E-state index is 6.87. The van der Waals surface area contributed by atoms with E-state index < -0.39 is 0 Å². The molecule has 0 saturated heterocycles. The van der Waals surface area contributed by atoms with Gasteiger partial charge in [0.2, 0.25) is 0 Å². The van der Waals surface area contributed by atoms with Crippen LogP contribution in [0.15, 0.2) is 176 Å². The van der Waals surface area contributed by atoms with Gasteiger partial charge in [0.05, 0.1) is 16.7 Å². The lowest BCUT2D eigenvalue weighted by Crippen LogP contribution is -2.12. The van der Waals surface area contributed by atoms with Gasteiger partial charge in [-0.1, -0.05) is 116 Å². The normalized spacial score (nSPS) is 14.6. The van der Waals surface area contributed by atoms with Crippen molar-refractivity contribution in [1.29, 1.82) is 0 Å². The number of aromatic nitrogens is 1. The molecule has 9 aromatic rings. The third-order valence-corrected chi connectivity index (χ3v) is 12.7. The molecule has 1 aromatic heterocycles. The number of nitrogens with zero attached hydrogens (tertiary/aromatic N) is 2. The first-order valence-electron chi connectivity index (χ1n) is 21.4. The predicted molar refractivity (Wildman–Crippen MR) is 251 cm³/mol. The lowest BCUT2D eigenvalue weighted by molar-refractivity contribution is 0.260. The Balaban J connectivity index is 1.00. The van der Waals surface area contributed by atoms with Gasteiger partial charge in [0, 0.05) is 44.6 Å². The molecule has 11 rings (SSSR count). The Morgan fingerprint density at radius 3 is 2.07 bits per heavy atom. The van der Waals surface area contributed by atoms with Crippen LogP contribution in [0.2, 0.25) is 0 Å². The highest BCUT2D eigenvalue weighted by molar-refractivity contribution is 6.10. The lowest BCUT2D eigenvalue weighted by Gasteiger charge is -2.27. The van der Waals surface area contributed by atoms with Gasteiger partial charge in [-0.25, -0.2) is 0 Å². The van der Waals surface area contributed by atoms with Gasteiger partial charge in [-0.05, 0) is 145 Å². The van der Waals surface area contributed by atoms with Crippen LogP contribution in [0, 0.1) is 13.8 Å². The molecule has 4 heteroatoms. The summed E-state index contributed by atoms with van der Waals surface area (Å²) in [4.78, 5) is 2.40. The maximum Gasteiger partial charge on any atom is 0.196 e. The number of rotatable bonds is 9. The zero-order valence-electron chi connectivity index (χ0n) is 34.3. The molecule has 1 fully saturated rings. The van der Waals surface area contributed by atoms with Crippen LogP contribution >= 0.6 is 0 Å². The van der Waals surface area contributed by atoms with E-state index in [1.54, 1.807) is 0 Å². The van der Waals surface area contributed by atoms with Crippen molar-refractivity contribution in [2.24, 2.45) is 0 Å². The van der Waals surface area contributed by atoms with Crippen molar-refractivity contribution in [1.82, 2.24) is 4.57 Å². The summed E-state index contributed by atoms with van der Waals surface area (Å²) < 4.78 is 9.25. The van der Waals surface area contributed by atoms with E-state index in [1.165, 1.54) is 79.2 Å². The smallest absolute Gasteiger partial charge is 0.196 e. The molecule has 0 radical (unpaired) electrons. The molecule has 1 aliphatic carbocycles. The Bertz CT molecular complexity index is 3070. The number of anilines is 4. The number of hydrogen-bond donors (Lipinski definition) is 1. The first-order valence-corrected chi connectivity index (χ1v) is 21.4. The minimum Gasteiger partial charge on any atom is -0.464 e. The van der Waals surface area contributed by atoms with Crippen LogP contribution in [-0.4, -0.2) is 4.57 Å². The number of nitrogens with one attached hydrogen (secondary N) is 1. The van der Waals surface area contributed by atoms with Gasteiger partial charge in [0.15, 0.2) is 12.0 Å². The van der Waals surface area contributed by atoms with E-state index in [0.29, 0.717) is 5.92 Å². The first-order chi connectivity index (χ1) is 29.5. The third kappa shape index (κ3) is 6.14. The molecule has 60 heavy (non-hydrogen) atoms. The number of aryl methyl sites for hydroxylation is 3. The SMILES string of the molecule is CCc1ccccc1-c1ccc(N(c2ccc(C3Nc4ccc(C)c(-c5ccccc5C5CC5)c4O3)cc2)c2ccc3c(c2)c2ccccc2n3-c2ccccc2)cc1C. The van der Waals surface area contributed by atoms with Crippen molar-refractivity contribution in [2.75, 3.05) is 10.2 Å². The lowest BCUT2D eigenvalue weighted by atomic mass is 9.92. The molecule has 1 N–H and O–H groups in total. The topological polar surface area (TPSA) is 29.4 Å². The molecule has 2 heterocycles. The Morgan fingerprint density at radius 1 is 0.583 bits per heavy atom. The number of benzene rings is 8. The second kappa shape index (κ2) is 14.7. The predicted octanol–water partition coefficient (Wildman–Crippen LogP) is 15.1. The van der Waals surface area contributed by atoms with Gasteiger partial charge in [-0.2, -0.15) is 0 Å². The van der Waals surface area contributed by atoms with Crippen molar-refractivity contribution < 1.29 is 4.74 Å². The van der Waals surface area contributed by atoms with Gasteiger partial charge in [0.25, 0.3) is 0 Å². The van der Waals surface area contributed by atoms with Gasteiger partial charge in [0.1, 0.15) is 0 Å². The summed E-state index contributed by atoms with van der Waals surface area (Å²) in [5.41, 5.74) is 19.3. The molecule has 0 bridgehead atoms. The average Bonchev–Trinajstić information content (AvgIpc) is 3.97. The van der Waals surface area contributed by atoms with Crippen LogP contribution in [0.5, 0.6) is 5.75 Å². The molecular weight excluding hydrogens is 731 g/mol. The summed E-state index contributed by atoms with van der Waals surface area (Å²) in [6.45, 7) is 6.67. The summed E-state index contributed by atoms with van der Waals surface area (Å²) in [6, 6.07) is 64.2. The molecule has 2 aliphatic rings. The number of hydrogen-bond acceptors (Lipinski definition) is 3. The molecule has 1 aliphatic heterocycles. The van der Waals surface area contributed by atoms with Gasteiger partial charge in [-0.3, -0.25) is 0 Å². The summed E-state index contributed by atoms with van der Waals surface area (Å²) in [6.07, 6.45) is 3.22. The number of fused-ring (bicyclic) bond motifs is 4. The van der Waals surface area contributed by atoms with Crippen LogP contribution in [-0.2, 0) is 6.42 Å². The van der Waals surface area contributed by atoms with Crippen LogP contribution in [0.4, 0.5) is 22.7 Å². The Kier molecular flexibility index (Phi) is 8.81. The number of para-hydroxylation sites is 2. The van der Waals surface area contributed by atoms with E-state index in [1.807, 2.05) is 0 Å². The molecule has 292 valence electrons. The van der Waals surface area contributed by atoms with Crippen LogP contribution < -0.4 is 15.0 Å². The van der Waals surface area contributed by atoms with Crippen molar-refractivity contribution in [3.05, 3.63) is 204 Å². The summed E-state index contributed by atoms with van der Waals surface area (Å²) in [5, 5.41) is 6.17. The average molecular weight is 778 g/mol. The molecule has 0 amide bonds. The Morgan fingerprint density at radius 2 is 1.27 bits per heavy atom. The zero-order valence-corrected chi connectivity index (χ0v) is 34.3. The molecule has 8 aromatic carbocycles. The van der Waals surface area contributed by atoms with Gasteiger partial charge >= 0.3 is 0 Å². The fourth-order valence-electron chi connectivity index (χ4n) is 9.55. The minimum atomic E-state index is -0.295. The van der Waals surface area contributed by atoms with E-state index in [4.69, 9.17) is 4.74 Å². The number of ether oxygens (including phenoxy) is 1. The standard InChI is InChI=1S/C56H47N3O/c1-4-38-14-8-9-17-46(38)45-31-29-43(34-37(45)3)58(44-30-33-53-50(35-44)48-19-12-13-21-52(48)59(53)41-15-6-5-7-16-41)42-27-25-40(26-28-42)56-57-51-32-22-36(2)54(55(51)60-56)49-20-11-10-18-47(49)39-23-24-39/h5-22,25-35,39,56-57H,4,23-24H2,1-3H3. The molecule has 0 spiro atoms. The van der Waals surface area contributed by atoms with Crippen LogP contribution in [0.1, 0.15) is 59.7 Å². The summed E-state index contributed by atoms with van der Waals surface area (Å²) in [5.74, 6) is 1.59. The zero-order chi connectivity index (χ0) is 40.3. The molecule has 4 nitrogen and oxygen atoms in total. The molecule has 1 saturated carbocycles. The quantitative estimate of drug-likeness (QED) is 0.158. The summed E-state index contributed by atoms with van der Waals surface area (Å²) in [7, 11) is 0. The van der Waals surface area contributed by atoms with E-state index in [2.05, 4.69) is 211 Å². The van der Waals surface area contributed by atoms with E-state index in [0.717, 1.165) is 46.2 Å². The highest BCUT2D eigenvalue weighted by atomic mass is 16.5. The third-order valence-electron chi connectivity index (χ3n) is 12.7. The van der Waals surface area contributed by atoms with Gasteiger partial charge < -0.3 is 19.5 Å². The van der Waals surface area contributed by atoms with Crippen molar-refractivity contribution in [3.63, 3.8) is 0 Å². The molecule has 1 unspecified atom stereocenters. The fourth-order valence-corrected chi connectivity index (χ4v) is 9.55. The summed E-state index contributed by atoms with van der Waals surface area (Å²) >= 11 is 0. The minimum absolute atomic E-state index is 0.295. The largest absolute Gasteiger partial charge is 0.464 e. The first kappa shape index (κ1) is 36.1. The molecular formula is C56H47N3O. The van der Waals surface area contributed by atoms with Gasteiger partial charge in [-0.15, -0.1) is 0 Å². The van der Waals surface area contributed by atoms with E-state index in [-0.39, 0.29) is 6.23 Å². The van der Waals surface area contributed by atoms with Crippen LogP contribution in [0.3, 0.4) is 0 Å². The highest BCUT2D eigenvalue weighted by Gasteiger charge is 2.32. The Hall–Kier alpha value is -7.04. The maximum absolute atomic E-state index is 6.87. The Labute approximate surface area is 352 Å². The van der Waals surface area contributed by atoms with E-state index in [9.17, 15) is 0 Å². The molecule has 1 atom stereocenters. The fraction of sp³-hybridized carbons (Fsp3) is 0.143. The van der Waals surface area contributed by atoms with Crippen LogP contribution in [0.25, 0.3) is 49.7 Å².